The maximum atomic E-state index is 15.7. The first-order valence-electron chi connectivity index (χ1n) is 14.8. The average molecular weight is 654 g/mol. The predicted octanol–water partition coefficient (Wildman–Crippen LogP) is 2.43. The van der Waals surface area contributed by atoms with Crippen LogP contribution in [0.4, 0.5) is 20.3 Å². The van der Waals surface area contributed by atoms with E-state index in [4.69, 9.17) is 23.1 Å². The normalized spacial score (nSPS) is 23.7. The molecule has 0 unspecified atom stereocenters. The molecule has 2 aliphatic heterocycles. The highest BCUT2D eigenvalue weighted by Gasteiger charge is 2.44. The summed E-state index contributed by atoms with van der Waals surface area (Å²) in [5, 5.41) is 2.80. The van der Waals surface area contributed by atoms with Crippen LogP contribution in [0.2, 0.25) is 5.15 Å². The second kappa shape index (κ2) is 13.2. The number of rotatable bonds is 9. The first-order chi connectivity index (χ1) is 20.9. The molecule has 3 heterocycles. The fraction of sp³-hybridized carbons (Fsp3) is 0.552. The van der Waals surface area contributed by atoms with Gasteiger partial charge in [-0.05, 0) is 62.1 Å². The average Bonchev–Trinajstić information content (AvgIpc) is 3.34. The van der Waals surface area contributed by atoms with Crippen LogP contribution in [-0.4, -0.2) is 80.9 Å². The minimum atomic E-state index is -3.82. The number of nitrogens with zero attached hydrogens (tertiary/aromatic N) is 4. The highest BCUT2D eigenvalue weighted by atomic mass is 35.5. The van der Waals surface area contributed by atoms with Gasteiger partial charge in [0.2, 0.25) is 21.8 Å². The summed E-state index contributed by atoms with van der Waals surface area (Å²) in [5.74, 6) is -4.07. The summed E-state index contributed by atoms with van der Waals surface area (Å²) in [4.78, 5) is 31.7. The number of alkyl halides is 2. The van der Waals surface area contributed by atoms with Gasteiger partial charge in [0.25, 0.3) is 5.92 Å². The Labute approximate surface area is 260 Å². The number of pyridine rings is 1. The lowest BCUT2D eigenvalue weighted by atomic mass is 9.80. The Morgan fingerprint density at radius 2 is 1.73 bits per heavy atom. The number of nitrogens with two attached hydrogens (primary N) is 2. The molecule has 1 aliphatic carbocycles. The van der Waals surface area contributed by atoms with Crippen LogP contribution in [0.1, 0.15) is 44.1 Å². The lowest BCUT2D eigenvalue weighted by molar-refractivity contribution is -0.122. The van der Waals surface area contributed by atoms with Crippen molar-refractivity contribution in [3.8, 4) is 0 Å². The van der Waals surface area contributed by atoms with Gasteiger partial charge >= 0.3 is 0 Å². The van der Waals surface area contributed by atoms with Gasteiger partial charge in [0, 0.05) is 81.4 Å². The number of amides is 2. The molecule has 0 bridgehead atoms. The van der Waals surface area contributed by atoms with Crippen LogP contribution >= 0.6 is 11.6 Å². The molecule has 1 atom stereocenters. The van der Waals surface area contributed by atoms with Crippen LogP contribution < -0.4 is 26.6 Å². The Bertz CT molecular complexity index is 1460. The van der Waals surface area contributed by atoms with E-state index in [9.17, 15) is 18.0 Å². The van der Waals surface area contributed by atoms with E-state index >= 15 is 8.78 Å². The fourth-order valence-corrected chi connectivity index (χ4v) is 7.82. The summed E-state index contributed by atoms with van der Waals surface area (Å²) in [5.41, 5.74) is 11.6. The third-order valence-corrected chi connectivity index (χ3v) is 10.8. The predicted molar refractivity (Wildman–Crippen MR) is 163 cm³/mol. The van der Waals surface area contributed by atoms with Gasteiger partial charge in [-0.1, -0.05) is 11.6 Å². The lowest BCUT2D eigenvalue weighted by Crippen LogP contribution is -2.49. The Morgan fingerprint density at radius 3 is 2.32 bits per heavy atom. The number of anilines is 2. The summed E-state index contributed by atoms with van der Waals surface area (Å²) >= 11 is 6.22. The van der Waals surface area contributed by atoms with E-state index in [0.29, 0.717) is 25.1 Å². The molecular weight excluding hydrogens is 616 g/mol. The van der Waals surface area contributed by atoms with Gasteiger partial charge < -0.3 is 26.6 Å². The highest BCUT2D eigenvalue weighted by molar-refractivity contribution is 7.89. The van der Waals surface area contributed by atoms with E-state index in [1.165, 1.54) is 28.6 Å². The molecule has 0 spiro atoms. The van der Waals surface area contributed by atoms with E-state index < -0.39 is 21.9 Å². The minimum Gasteiger partial charge on any atom is -0.354 e. The maximum absolute atomic E-state index is 15.7. The molecular formula is C29H38ClF2N7O4S. The second-order valence-corrected chi connectivity index (χ2v) is 14.0. The molecule has 3 aliphatic rings. The van der Waals surface area contributed by atoms with Crippen LogP contribution in [-0.2, 0) is 25.5 Å². The van der Waals surface area contributed by atoms with Crippen molar-refractivity contribution in [3.63, 3.8) is 0 Å². The van der Waals surface area contributed by atoms with Gasteiger partial charge in [0.05, 0.1) is 4.90 Å². The van der Waals surface area contributed by atoms with Gasteiger partial charge in [0.15, 0.2) is 0 Å². The molecule has 2 aromatic rings. The fourth-order valence-electron chi connectivity index (χ4n) is 6.19. The van der Waals surface area contributed by atoms with E-state index in [-0.39, 0.29) is 104 Å². The summed E-state index contributed by atoms with van der Waals surface area (Å²) in [6.45, 7) is 1.36. The van der Waals surface area contributed by atoms with Crippen molar-refractivity contribution in [1.29, 1.82) is 0 Å². The summed E-state index contributed by atoms with van der Waals surface area (Å²) < 4.78 is 59.5. The smallest absolute Gasteiger partial charge is 0.276 e. The van der Waals surface area contributed by atoms with Crippen molar-refractivity contribution in [3.05, 3.63) is 47.1 Å². The first kappa shape index (κ1) is 32.5. The van der Waals surface area contributed by atoms with E-state index in [2.05, 4.69) is 10.3 Å². The number of hydrogen-bond donors (Lipinski definition) is 3. The number of carbonyl (C=O) groups is 2. The van der Waals surface area contributed by atoms with E-state index in [0.717, 1.165) is 0 Å². The zero-order valence-electron chi connectivity index (χ0n) is 24.3. The molecule has 1 aromatic carbocycles. The highest BCUT2D eigenvalue weighted by Crippen LogP contribution is 2.45. The standard InChI is InChI=1S/C29H38ClF2N7O4S/c30-25-15-20(29(31,32)19-1-3-22(4-2-19)35-27(40)9-10-33)16-26(36-25)37-11-13-38(14-12-37)44(42,43)24-7-5-23(6-8-24)39-18-21(34)17-28(39)41/h5-8,15-16,19,21-22H,1-4,9-14,17-18,33-34H2,(H,35,40)/t19-,21-,22-/m1/s1. The van der Waals surface area contributed by atoms with Crippen molar-refractivity contribution in [2.75, 3.05) is 49.1 Å². The number of halogens is 3. The molecule has 15 heteroatoms. The Hall–Kier alpha value is -2.91. The third kappa shape index (κ3) is 6.99. The Kier molecular flexibility index (Phi) is 9.75. The topological polar surface area (TPSA) is 155 Å². The maximum Gasteiger partial charge on any atom is 0.276 e. The molecule has 11 nitrogen and oxygen atoms in total. The quantitative estimate of drug-likeness (QED) is 0.349. The second-order valence-electron chi connectivity index (χ2n) is 11.7. The van der Waals surface area contributed by atoms with Crippen LogP contribution in [0.3, 0.4) is 0 Å². The molecule has 1 saturated carbocycles. The molecule has 1 aromatic heterocycles. The molecule has 5 N–H and O–H groups in total. The van der Waals surface area contributed by atoms with Crippen molar-refractivity contribution in [2.45, 2.75) is 61.4 Å². The summed E-state index contributed by atoms with van der Waals surface area (Å²) in [7, 11) is -3.82. The third-order valence-electron chi connectivity index (χ3n) is 8.65. The largest absolute Gasteiger partial charge is 0.354 e. The molecule has 0 radical (unpaired) electrons. The number of piperazine rings is 1. The monoisotopic (exact) mass is 653 g/mol. The number of nitrogens with one attached hydrogen (secondary N) is 1. The van der Waals surface area contributed by atoms with Crippen LogP contribution in [0.25, 0.3) is 0 Å². The number of aromatic nitrogens is 1. The van der Waals surface area contributed by atoms with Gasteiger partial charge in [-0.15, -0.1) is 0 Å². The molecule has 2 amide bonds. The minimum absolute atomic E-state index is 0.0625. The van der Waals surface area contributed by atoms with Crippen molar-refractivity contribution >= 4 is 44.9 Å². The van der Waals surface area contributed by atoms with Gasteiger partial charge in [-0.25, -0.2) is 22.2 Å². The summed E-state index contributed by atoms with van der Waals surface area (Å²) in [6.07, 6.45) is 1.85. The van der Waals surface area contributed by atoms with Crippen LogP contribution in [0, 0.1) is 5.92 Å². The van der Waals surface area contributed by atoms with E-state index in [1.807, 2.05) is 0 Å². The molecule has 240 valence electrons. The Morgan fingerprint density at radius 1 is 1.07 bits per heavy atom. The van der Waals surface area contributed by atoms with Gasteiger partial charge in [0.1, 0.15) is 11.0 Å². The summed E-state index contributed by atoms with van der Waals surface area (Å²) in [6, 6.07) is 8.29. The van der Waals surface area contributed by atoms with E-state index in [1.54, 1.807) is 21.9 Å². The number of carbonyl (C=O) groups excluding carboxylic acids is 2. The molecule has 3 fully saturated rings. The number of benzene rings is 1. The van der Waals surface area contributed by atoms with Crippen molar-refractivity contribution in [2.24, 2.45) is 17.4 Å². The van der Waals surface area contributed by atoms with Gasteiger partial charge in [-0.3, -0.25) is 9.59 Å². The molecule has 44 heavy (non-hydrogen) atoms. The first-order valence-corrected chi connectivity index (χ1v) is 16.7. The molecule has 2 saturated heterocycles. The van der Waals surface area contributed by atoms with Gasteiger partial charge in [-0.2, -0.15) is 4.31 Å². The molecule has 5 rings (SSSR count). The lowest BCUT2D eigenvalue weighted by Gasteiger charge is -2.36. The van der Waals surface area contributed by atoms with Crippen molar-refractivity contribution in [1.82, 2.24) is 14.6 Å². The van der Waals surface area contributed by atoms with Crippen molar-refractivity contribution < 1.29 is 26.8 Å². The Balaban J connectivity index is 1.21. The van der Waals surface area contributed by atoms with Crippen LogP contribution in [0.15, 0.2) is 41.3 Å². The number of hydrogen-bond acceptors (Lipinski definition) is 8. The zero-order chi connectivity index (χ0) is 31.6. The zero-order valence-corrected chi connectivity index (χ0v) is 25.9. The van der Waals surface area contributed by atoms with Crippen LogP contribution in [0.5, 0.6) is 0 Å². The number of sulfonamides is 1. The SMILES string of the molecule is NCCC(=O)N[C@H]1CC[C@H](C(F)(F)c2cc(Cl)nc(N3CCN(S(=O)(=O)c4ccc(N5C[C@H](N)CC5=O)cc4)CC3)c2)CC1.